The van der Waals surface area contributed by atoms with E-state index in [0.29, 0.717) is 6.61 Å². The fourth-order valence-electron chi connectivity index (χ4n) is 8.09. The van der Waals surface area contributed by atoms with Crippen molar-refractivity contribution in [2.24, 2.45) is 9.98 Å². The Balaban J connectivity index is 1.92. The zero-order valence-electron chi connectivity index (χ0n) is 37.6. The van der Waals surface area contributed by atoms with Crippen LogP contribution in [0.1, 0.15) is 166 Å². The largest absolute Gasteiger partial charge is 0.492 e. The van der Waals surface area contributed by atoms with Crippen molar-refractivity contribution in [2.75, 3.05) is 6.61 Å². The van der Waals surface area contributed by atoms with E-state index in [2.05, 4.69) is 114 Å². The zero-order chi connectivity index (χ0) is 41.2. The van der Waals surface area contributed by atoms with Crippen molar-refractivity contribution >= 4 is 50.3 Å². The highest BCUT2D eigenvalue weighted by atomic mass is 28.3. The molecule has 3 rings (SSSR count). The molecule has 0 atom stereocenters. The lowest BCUT2D eigenvalue weighted by Gasteiger charge is -2.24. The molecule has 3 aromatic carbocycles. The summed E-state index contributed by atoms with van der Waals surface area (Å²) < 4.78 is 6.75. The lowest BCUT2D eigenvalue weighted by Crippen LogP contribution is -2.41. The molecule has 0 aliphatic carbocycles. The molecule has 0 aliphatic rings. The molecule has 0 radical (unpaired) electrons. The number of unbranched alkanes of at least 4 members (excludes halogenated alkanes) is 17. The van der Waals surface area contributed by atoms with E-state index in [0.717, 1.165) is 40.2 Å². The fraction of sp³-hybridized carbons (Fsp3) is 0.577. The molecule has 312 valence electrons. The third-order valence-electron chi connectivity index (χ3n) is 11.8. The number of rotatable bonds is 30. The summed E-state index contributed by atoms with van der Waals surface area (Å²) in [6, 6.07) is 24.3. The standard InChI is InChI=1S/C52H80N2OSi2/c1-9-13-16-19-20-21-22-23-24-31-38-55-52-46(43-53-48-34-27-29-36-50(48)56(5,6)39-32-25-17-14-10-2)41-45(12-4)42-47(52)44-54-49-35-28-30-37-51(49)57(7,8)40-33-26-18-15-11-3/h4,27-30,34-37,41-44H,9-11,13-26,31-33,38-40H2,1-3,5-8H3. The van der Waals surface area contributed by atoms with Crippen molar-refractivity contribution < 1.29 is 4.74 Å². The predicted octanol–water partition coefficient (Wildman–Crippen LogP) is 15.2. The van der Waals surface area contributed by atoms with Gasteiger partial charge in [-0.1, -0.05) is 223 Å². The van der Waals surface area contributed by atoms with E-state index < -0.39 is 16.1 Å². The minimum atomic E-state index is -1.69. The van der Waals surface area contributed by atoms with Crippen molar-refractivity contribution in [1.29, 1.82) is 0 Å². The molecule has 3 aromatic rings. The molecule has 0 saturated heterocycles. The summed E-state index contributed by atoms with van der Waals surface area (Å²) in [6.07, 6.45) is 36.2. The first-order chi connectivity index (χ1) is 27.7. The van der Waals surface area contributed by atoms with Gasteiger partial charge in [0.2, 0.25) is 0 Å². The molecule has 0 saturated carbocycles. The van der Waals surface area contributed by atoms with Gasteiger partial charge in [0.05, 0.1) is 34.1 Å². The number of benzene rings is 3. The van der Waals surface area contributed by atoms with Gasteiger partial charge >= 0.3 is 0 Å². The Labute approximate surface area is 353 Å². The Kier molecular flexibility index (Phi) is 23.2. The van der Waals surface area contributed by atoms with Crippen LogP contribution in [0.25, 0.3) is 0 Å². The second-order valence-electron chi connectivity index (χ2n) is 17.8. The third-order valence-corrected chi connectivity index (χ3v) is 18.8. The van der Waals surface area contributed by atoms with Crippen molar-refractivity contribution in [3.8, 4) is 18.1 Å². The topological polar surface area (TPSA) is 34.0 Å². The van der Waals surface area contributed by atoms with Gasteiger partial charge in [-0.05, 0) is 41.1 Å². The fourth-order valence-corrected chi connectivity index (χ4v) is 13.7. The lowest BCUT2D eigenvalue weighted by molar-refractivity contribution is 0.303. The molecule has 57 heavy (non-hydrogen) atoms. The van der Waals surface area contributed by atoms with E-state index in [1.165, 1.54) is 144 Å². The maximum Gasteiger partial charge on any atom is 0.136 e. The summed E-state index contributed by atoms with van der Waals surface area (Å²) >= 11 is 0. The van der Waals surface area contributed by atoms with Gasteiger partial charge in [0, 0.05) is 29.1 Å². The molecular weight excluding hydrogens is 725 g/mol. The van der Waals surface area contributed by atoms with Crippen LogP contribution in [0.2, 0.25) is 38.3 Å². The number of hydrogen-bond acceptors (Lipinski definition) is 3. The van der Waals surface area contributed by atoms with E-state index in [4.69, 9.17) is 21.1 Å². The molecule has 0 heterocycles. The number of terminal acetylenes is 1. The van der Waals surface area contributed by atoms with Crippen LogP contribution in [0.15, 0.2) is 70.6 Å². The Morgan fingerprint density at radius 2 is 0.895 bits per heavy atom. The Hall–Kier alpha value is -3.21. The van der Waals surface area contributed by atoms with E-state index in [-0.39, 0.29) is 0 Å². The molecule has 5 heteroatoms. The highest BCUT2D eigenvalue weighted by molar-refractivity contribution is 6.91. The third kappa shape index (κ3) is 17.7. The summed E-state index contributed by atoms with van der Waals surface area (Å²) in [6.45, 7) is 17.5. The maximum atomic E-state index is 6.75. The second kappa shape index (κ2) is 27.5. The van der Waals surface area contributed by atoms with Crippen molar-refractivity contribution in [2.45, 2.75) is 187 Å². The van der Waals surface area contributed by atoms with Gasteiger partial charge in [0.1, 0.15) is 5.75 Å². The van der Waals surface area contributed by atoms with Crippen LogP contribution >= 0.6 is 0 Å². The van der Waals surface area contributed by atoms with Gasteiger partial charge in [0.25, 0.3) is 0 Å². The van der Waals surface area contributed by atoms with E-state index in [9.17, 15) is 0 Å². The number of aliphatic imine (C=N–C) groups is 2. The van der Waals surface area contributed by atoms with Crippen LogP contribution in [-0.4, -0.2) is 35.2 Å². The van der Waals surface area contributed by atoms with Gasteiger partial charge in [-0.25, -0.2) is 0 Å². The highest BCUT2D eigenvalue weighted by Gasteiger charge is 2.26. The van der Waals surface area contributed by atoms with Gasteiger partial charge in [-0.3, -0.25) is 9.98 Å². The predicted molar refractivity (Wildman–Crippen MR) is 260 cm³/mol. The van der Waals surface area contributed by atoms with Crippen molar-refractivity contribution in [1.82, 2.24) is 0 Å². The second-order valence-corrected chi connectivity index (χ2v) is 27.4. The molecule has 0 bridgehead atoms. The van der Waals surface area contributed by atoms with Crippen LogP contribution in [0.5, 0.6) is 5.75 Å². The van der Waals surface area contributed by atoms with Crippen LogP contribution in [0.3, 0.4) is 0 Å². The summed E-state index contributed by atoms with van der Waals surface area (Å²) in [5.41, 5.74) is 4.79. The van der Waals surface area contributed by atoms with Crippen LogP contribution in [-0.2, 0) is 0 Å². The van der Waals surface area contributed by atoms with Crippen molar-refractivity contribution in [3.63, 3.8) is 0 Å². The Bertz CT molecular complexity index is 1570. The summed E-state index contributed by atoms with van der Waals surface area (Å²) in [5, 5.41) is 2.85. The molecule has 0 fully saturated rings. The number of para-hydroxylation sites is 2. The smallest absolute Gasteiger partial charge is 0.136 e. The zero-order valence-corrected chi connectivity index (χ0v) is 39.6. The molecule has 3 nitrogen and oxygen atoms in total. The normalized spacial score (nSPS) is 12.2. The quantitative estimate of drug-likeness (QED) is 0.0286. The molecule has 0 N–H and O–H groups in total. The van der Waals surface area contributed by atoms with Crippen LogP contribution in [0, 0.1) is 12.3 Å². The van der Waals surface area contributed by atoms with Crippen molar-refractivity contribution in [3.05, 3.63) is 77.4 Å². The number of ether oxygens (including phenoxy) is 1. The van der Waals surface area contributed by atoms with Gasteiger partial charge in [-0.2, -0.15) is 0 Å². The summed E-state index contributed by atoms with van der Waals surface area (Å²) in [7, 11) is -3.39. The first-order valence-corrected chi connectivity index (χ1v) is 29.6. The van der Waals surface area contributed by atoms with Crippen LogP contribution < -0.4 is 15.1 Å². The van der Waals surface area contributed by atoms with Gasteiger partial charge in [-0.15, -0.1) is 6.42 Å². The summed E-state index contributed by atoms with van der Waals surface area (Å²) in [4.78, 5) is 10.4. The van der Waals surface area contributed by atoms with Gasteiger partial charge in [0.15, 0.2) is 0 Å². The van der Waals surface area contributed by atoms with Crippen LogP contribution in [0.4, 0.5) is 11.4 Å². The molecule has 0 amide bonds. The Morgan fingerprint density at radius 1 is 0.526 bits per heavy atom. The maximum absolute atomic E-state index is 6.75. The van der Waals surface area contributed by atoms with E-state index in [1.54, 1.807) is 0 Å². The average Bonchev–Trinajstić information content (AvgIpc) is 3.21. The van der Waals surface area contributed by atoms with E-state index in [1.807, 2.05) is 12.4 Å². The van der Waals surface area contributed by atoms with Gasteiger partial charge < -0.3 is 4.74 Å². The molecule has 0 aromatic heterocycles. The summed E-state index contributed by atoms with van der Waals surface area (Å²) in [5.74, 6) is 3.75. The molecule has 0 spiro atoms. The molecule has 0 unspecified atom stereocenters. The number of hydrogen-bond donors (Lipinski definition) is 0. The first-order valence-electron chi connectivity index (χ1n) is 23.2. The minimum Gasteiger partial charge on any atom is -0.492 e. The first kappa shape index (κ1) is 48.2. The highest BCUT2D eigenvalue weighted by Crippen LogP contribution is 2.28. The number of nitrogens with zero attached hydrogens (tertiary/aromatic N) is 2. The SMILES string of the molecule is C#Cc1cc(C=Nc2ccccc2[Si](C)(C)CCCCCCC)c(OCCCCCCCCCCCC)c(C=Nc2ccccc2[Si](C)(C)CCCCCCC)c1. The monoisotopic (exact) mass is 805 g/mol. The lowest BCUT2D eigenvalue weighted by atomic mass is 10.0. The molecule has 0 aliphatic heterocycles. The average molecular weight is 805 g/mol. The minimum absolute atomic E-state index is 0.663. The van der Waals surface area contributed by atoms with E-state index >= 15 is 0 Å². The Morgan fingerprint density at radius 3 is 1.30 bits per heavy atom. The molecular formula is C52H80N2OSi2.